The predicted molar refractivity (Wildman–Crippen MR) is 117 cm³/mol. The molecule has 0 bridgehead atoms. The molecular weight excluding hydrogens is 404 g/mol. The summed E-state index contributed by atoms with van der Waals surface area (Å²) in [6.07, 6.45) is 0.741. The van der Waals surface area contributed by atoms with Crippen molar-refractivity contribution in [2.45, 2.75) is 38.9 Å². The molecule has 10 heteroatoms. The van der Waals surface area contributed by atoms with Gasteiger partial charge in [0.25, 0.3) is 0 Å². The first kappa shape index (κ1) is 21.8. The van der Waals surface area contributed by atoms with Crippen LogP contribution >= 0.6 is 0 Å². The lowest BCUT2D eigenvalue weighted by molar-refractivity contribution is 0.210. The summed E-state index contributed by atoms with van der Waals surface area (Å²) in [6.45, 7) is 6.34. The van der Waals surface area contributed by atoms with Crippen molar-refractivity contribution in [3.05, 3.63) is 45.9 Å². The Labute approximate surface area is 177 Å². The third-order valence-electron chi connectivity index (χ3n) is 4.78. The molecule has 1 atom stereocenters. The van der Waals surface area contributed by atoms with Crippen LogP contribution in [0.1, 0.15) is 31.4 Å². The highest BCUT2D eigenvalue weighted by atomic mass is 32.2. The minimum absolute atomic E-state index is 0.0465. The minimum atomic E-state index is -1.46. The summed E-state index contributed by atoms with van der Waals surface area (Å²) < 4.78 is 14.7. The zero-order chi connectivity index (χ0) is 22.0. The van der Waals surface area contributed by atoms with Crippen molar-refractivity contribution in [3.63, 3.8) is 0 Å². The van der Waals surface area contributed by atoms with Crippen molar-refractivity contribution in [2.24, 2.45) is 0 Å². The van der Waals surface area contributed by atoms with Gasteiger partial charge in [-0.15, -0.1) is 0 Å². The van der Waals surface area contributed by atoms with Crippen molar-refractivity contribution in [1.82, 2.24) is 24.0 Å². The van der Waals surface area contributed by atoms with E-state index in [2.05, 4.69) is 9.97 Å². The second-order valence-electron chi connectivity index (χ2n) is 7.09. The Morgan fingerprint density at radius 1 is 1.23 bits per heavy atom. The summed E-state index contributed by atoms with van der Waals surface area (Å²) in [6, 6.07) is 7.20. The largest absolute Gasteiger partial charge is 0.609 e. The molecule has 9 nitrogen and oxygen atoms in total. The Balaban J connectivity index is 2.25. The molecule has 2 N–H and O–H groups in total. The first-order valence-corrected chi connectivity index (χ1v) is 11.1. The van der Waals surface area contributed by atoms with Crippen molar-refractivity contribution in [1.29, 1.82) is 0 Å². The first-order chi connectivity index (χ1) is 14.3. The standard InChI is InChI=1S/C20H26N6O3S/c1-5-11-24(4)19(27)26-15-16(21)22-18(30(29)6-2)23-17(15)25(20(26)28)12-14-9-7-13(3)8-10-14/h7-10H,5-6,11-12H2,1-4H3,(H2,21,22,23)/t30-/m0/s1. The number of amides is 1. The normalized spacial score (nSPS) is 12.3. The molecule has 0 unspecified atom stereocenters. The predicted octanol–water partition coefficient (Wildman–Crippen LogP) is 1.97. The zero-order valence-electron chi connectivity index (χ0n) is 17.6. The number of nitrogens with zero attached hydrogens (tertiary/aromatic N) is 5. The van der Waals surface area contributed by atoms with Gasteiger partial charge < -0.3 is 15.2 Å². The number of nitrogen functional groups attached to an aromatic ring is 1. The van der Waals surface area contributed by atoms with E-state index in [4.69, 9.17) is 5.73 Å². The molecule has 0 fully saturated rings. The molecule has 0 radical (unpaired) electrons. The Morgan fingerprint density at radius 2 is 1.90 bits per heavy atom. The van der Waals surface area contributed by atoms with E-state index in [1.165, 1.54) is 9.47 Å². The molecule has 3 aromatic rings. The zero-order valence-corrected chi connectivity index (χ0v) is 18.4. The van der Waals surface area contributed by atoms with Gasteiger partial charge in [0.05, 0.1) is 6.54 Å². The number of carbonyl (C=O) groups is 1. The van der Waals surface area contributed by atoms with E-state index >= 15 is 0 Å². The Morgan fingerprint density at radius 3 is 2.50 bits per heavy atom. The smallest absolute Gasteiger partial charge is 0.346 e. The topological polar surface area (TPSA) is 122 Å². The molecule has 160 valence electrons. The summed E-state index contributed by atoms with van der Waals surface area (Å²) in [5.74, 6) is 0.265. The number of aryl methyl sites for hydroxylation is 1. The maximum Gasteiger partial charge on any atom is 0.346 e. The van der Waals surface area contributed by atoms with Gasteiger partial charge in [-0.05, 0) is 25.8 Å². The molecule has 2 heterocycles. The highest BCUT2D eigenvalue weighted by Gasteiger charge is 2.27. The van der Waals surface area contributed by atoms with Gasteiger partial charge in [0.1, 0.15) is 11.3 Å². The fourth-order valence-electron chi connectivity index (χ4n) is 3.18. The molecule has 0 aliphatic carbocycles. The van der Waals surface area contributed by atoms with Gasteiger partial charge in [-0.2, -0.15) is 9.97 Å². The fourth-order valence-corrected chi connectivity index (χ4v) is 3.82. The lowest BCUT2D eigenvalue weighted by Gasteiger charge is -2.16. The maximum atomic E-state index is 13.3. The van der Waals surface area contributed by atoms with Crippen LogP contribution in [0.2, 0.25) is 0 Å². The quantitative estimate of drug-likeness (QED) is 0.471. The van der Waals surface area contributed by atoms with Gasteiger partial charge in [0.15, 0.2) is 11.5 Å². The Hall–Kier alpha value is -2.85. The summed E-state index contributed by atoms with van der Waals surface area (Å²) in [4.78, 5) is 36.2. The van der Waals surface area contributed by atoms with E-state index in [1.54, 1.807) is 14.0 Å². The summed E-state index contributed by atoms with van der Waals surface area (Å²) >= 11 is -1.46. The highest BCUT2D eigenvalue weighted by molar-refractivity contribution is 7.91. The second-order valence-corrected chi connectivity index (χ2v) is 8.73. The average Bonchev–Trinajstić information content (AvgIpc) is 3.00. The number of nitrogens with two attached hydrogens (primary N) is 1. The van der Waals surface area contributed by atoms with Crippen molar-refractivity contribution < 1.29 is 9.35 Å². The van der Waals surface area contributed by atoms with Crippen LogP contribution in [-0.2, 0) is 17.7 Å². The number of benzene rings is 1. The molecule has 0 spiro atoms. The third-order valence-corrected chi connectivity index (χ3v) is 5.89. The lowest BCUT2D eigenvalue weighted by atomic mass is 10.1. The maximum absolute atomic E-state index is 13.3. The van der Waals surface area contributed by atoms with Gasteiger partial charge in [0.2, 0.25) is 0 Å². The molecule has 1 aromatic carbocycles. The second kappa shape index (κ2) is 8.88. The monoisotopic (exact) mass is 430 g/mol. The summed E-state index contributed by atoms with van der Waals surface area (Å²) in [5, 5.41) is 0.0478. The van der Waals surface area contributed by atoms with Crippen LogP contribution in [-0.4, -0.2) is 53.9 Å². The number of aromatic nitrogens is 4. The van der Waals surface area contributed by atoms with Gasteiger partial charge >= 0.3 is 16.9 Å². The van der Waals surface area contributed by atoms with Gasteiger partial charge in [0, 0.05) is 24.8 Å². The summed E-state index contributed by atoms with van der Waals surface area (Å²) in [5.41, 5.74) is 7.87. The van der Waals surface area contributed by atoms with E-state index < -0.39 is 22.9 Å². The molecule has 0 aliphatic heterocycles. The molecule has 1 amide bonds. The van der Waals surface area contributed by atoms with E-state index in [-0.39, 0.29) is 28.7 Å². The fraction of sp³-hybridized carbons (Fsp3) is 0.400. The van der Waals surface area contributed by atoms with E-state index in [0.717, 1.165) is 22.1 Å². The number of carbonyl (C=O) groups excluding carboxylic acids is 1. The van der Waals surface area contributed by atoms with Crippen LogP contribution in [0.5, 0.6) is 0 Å². The summed E-state index contributed by atoms with van der Waals surface area (Å²) in [7, 11) is 1.62. The highest BCUT2D eigenvalue weighted by Crippen LogP contribution is 2.21. The molecule has 0 saturated carbocycles. The molecule has 30 heavy (non-hydrogen) atoms. The molecule has 0 saturated heterocycles. The number of rotatable bonds is 6. The van der Waals surface area contributed by atoms with Crippen molar-refractivity contribution in [3.8, 4) is 0 Å². The Bertz CT molecular complexity index is 1120. The molecular formula is C20H26N6O3S. The lowest BCUT2D eigenvalue weighted by Crippen LogP contribution is -2.38. The van der Waals surface area contributed by atoms with Crippen LogP contribution in [0.15, 0.2) is 34.2 Å². The third kappa shape index (κ3) is 4.05. The number of hydrogen-bond donors (Lipinski definition) is 1. The molecule has 0 aliphatic rings. The average molecular weight is 431 g/mol. The van der Waals surface area contributed by atoms with E-state index in [1.807, 2.05) is 38.1 Å². The van der Waals surface area contributed by atoms with Crippen LogP contribution in [0.4, 0.5) is 10.6 Å². The minimum Gasteiger partial charge on any atom is -0.609 e. The number of fused-ring (bicyclic) bond motifs is 1. The van der Waals surface area contributed by atoms with Crippen LogP contribution in [0.3, 0.4) is 0 Å². The van der Waals surface area contributed by atoms with Gasteiger partial charge in [-0.1, -0.05) is 36.8 Å². The van der Waals surface area contributed by atoms with Gasteiger partial charge in [-0.25, -0.2) is 14.2 Å². The van der Waals surface area contributed by atoms with E-state index in [9.17, 15) is 14.1 Å². The number of hydrogen-bond acceptors (Lipinski definition) is 6. The number of imidazole rings is 1. The SMILES string of the molecule is CCCN(C)C(=O)n1c(=O)n(Cc2ccc(C)cc2)c2nc([S@@+]([O-])CC)nc(N)c21. The molecule has 3 rings (SSSR count). The first-order valence-electron chi connectivity index (χ1n) is 9.76. The van der Waals surface area contributed by atoms with Crippen LogP contribution in [0.25, 0.3) is 11.2 Å². The van der Waals surface area contributed by atoms with Crippen molar-refractivity contribution in [2.75, 3.05) is 25.1 Å². The number of anilines is 1. The van der Waals surface area contributed by atoms with Crippen molar-refractivity contribution >= 4 is 34.2 Å². The molecule has 2 aromatic heterocycles. The van der Waals surface area contributed by atoms with Crippen LogP contribution < -0.4 is 11.4 Å². The Kier molecular flexibility index (Phi) is 6.47. The van der Waals surface area contributed by atoms with E-state index in [0.29, 0.717) is 12.3 Å². The van der Waals surface area contributed by atoms with Gasteiger partial charge in [-0.3, -0.25) is 4.57 Å². The van der Waals surface area contributed by atoms with Crippen LogP contribution in [0, 0.1) is 6.92 Å².